The standard InChI is InChI=1S/C12H18ClNO2/c1-9-6-12(16-3)10(7-11(9)13)8-14(2)4-5-15/h6-7,15H,4-5,8H2,1-3H3. The van der Waals surface area contributed by atoms with E-state index in [-0.39, 0.29) is 6.61 Å². The molecule has 0 aromatic heterocycles. The van der Waals surface area contributed by atoms with Crippen LogP contribution in [0.2, 0.25) is 5.02 Å². The average molecular weight is 244 g/mol. The molecular formula is C12H18ClNO2. The number of aliphatic hydroxyl groups is 1. The molecule has 1 aromatic rings. The van der Waals surface area contributed by atoms with Gasteiger partial charge in [0, 0.05) is 23.7 Å². The molecule has 0 aliphatic carbocycles. The van der Waals surface area contributed by atoms with Gasteiger partial charge in [0.1, 0.15) is 5.75 Å². The van der Waals surface area contributed by atoms with Crippen LogP contribution in [0.3, 0.4) is 0 Å². The van der Waals surface area contributed by atoms with Crippen molar-refractivity contribution in [2.75, 3.05) is 27.3 Å². The summed E-state index contributed by atoms with van der Waals surface area (Å²) in [5.74, 6) is 0.840. The molecule has 90 valence electrons. The zero-order chi connectivity index (χ0) is 12.1. The van der Waals surface area contributed by atoms with Crippen molar-refractivity contribution in [3.05, 3.63) is 28.3 Å². The van der Waals surface area contributed by atoms with E-state index < -0.39 is 0 Å². The van der Waals surface area contributed by atoms with Crippen LogP contribution in [0.4, 0.5) is 0 Å². The molecule has 16 heavy (non-hydrogen) atoms. The van der Waals surface area contributed by atoms with Crippen molar-refractivity contribution in [2.45, 2.75) is 13.5 Å². The third-order valence-electron chi connectivity index (χ3n) is 2.48. The van der Waals surface area contributed by atoms with Crippen molar-refractivity contribution in [1.82, 2.24) is 4.90 Å². The molecule has 0 heterocycles. The van der Waals surface area contributed by atoms with Gasteiger partial charge >= 0.3 is 0 Å². The Bertz CT molecular complexity index is 355. The van der Waals surface area contributed by atoms with Crippen LogP contribution >= 0.6 is 11.6 Å². The number of ether oxygens (including phenoxy) is 1. The summed E-state index contributed by atoms with van der Waals surface area (Å²) < 4.78 is 5.31. The predicted molar refractivity (Wildman–Crippen MR) is 66.2 cm³/mol. The molecule has 4 heteroatoms. The van der Waals surface area contributed by atoms with Crippen LogP contribution in [-0.4, -0.2) is 37.3 Å². The Morgan fingerprint density at radius 3 is 2.69 bits per heavy atom. The topological polar surface area (TPSA) is 32.7 Å². The lowest BCUT2D eigenvalue weighted by Gasteiger charge is -2.18. The van der Waals surface area contributed by atoms with Crippen molar-refractivity contribution in [3.63, 3.8) is 0 Å². The number of hydrogen-bond donors (Lipinski definition) is 1. The van der Waals surface area contributed by atoms with Gasteiger partial charge in [0.25, 0.3) is 0 Å². The van der Waals surface area contributed by atoms with E-state index in [4.69, 9.17) is 21.4 Å². The summed E-state index contributed by atoms with van der Waals surface area (Å²) in [6.45, 7) is 3.45. The minimum Gasteiger partial charge on any atom is -0.496 e. The molecule has 0 spiro atoms. The van der Waals surface area contributed by atoms with E-state index in [1.54, 1.807) is 7.11 Å². The van der Waals surface area contributed by atoms with E-state index in [0.717, 1.165) is 21.9 Å². The fourth-order valence-corrected chi connectivity index (χ4v) is 1.74. The van der Waals surface area contributed by atoms with Crippen LogP contribution in [0.5, 0.6) is 5.75 Å². The Hall–Kier alpha value is -0.770. The Morgan fingerprint density at radius 1 is 1.44 bits per heavy atom. The first-order valence-electron chi connectivity index (χ1n) is 5.21. The molecule has 1 rings (SSSR count). The lowest BCUT2D eigenvalue weighted by Crippen LogP contribution is -2.21. The number of rotatable bonds is 5. The monoisotopic (exact) mass is 243 g/mol. The van der Waals surface area contributed by atoms with Crippen molar-refractivity contribution in [2.24, 2.45) is 0 Å². The van der Waals surface area contributed by atoms with E-state index in [1.807, 2.05) is 31.0 Å². The first-order chi connectivity index (χ1) is 7.58. The Balaban J connectivity index is 2.89. The number of aliphatic hydroxyl groups excluding tert-OH is 1. The van der Waals surface area contributed by atoms with E-state index in [2.05, 4.69) is 0 Å². The highest BCUT2D eigenvalue weighted by molar-refractivity contribution is 6.31. The van der Waals surface area contributed by atoms with Gasteiger partial charge in [-0.1, -0.05) is 11.6 Å². The van der Waals surface area contributed by atoms with Crippen LogP contribution in [0.15, 0.2) is 12.1 Å². The molecule has 0 amide bonds. The number of aryl methyl sites for hydroxylation is 1. The number of likely N-dealkylation sites (N-methyl/N-ethyl adjacent to an activating group) is 1. The molecule has 0 aliphatic heterocycles. The Labute approximate surface area is 102 Å². The highest BCUT2D eigenvalue weighted by Gasteiger charge is 2.09. The third kappa shape index (κ3) is 3.37. The van der Waals surface area contributed by atoms with Crippen molar-refractivity contribution in [3.8, 4) is 5.75 Å². The summed E-state index contributed by atoms with van der Waals surface area (Å²) in [5, 5.41) is 9.58. The maximum absolute atomic E-state index is 8.84. The molecule has 0 saturated carbocycles. The first-order valence-corrected chi connectivity index (χ1v) is 5.58. The summed E-state index contributed by atoms with van der Waals surface area (Å²) in [6, 6.07) is 3.86. The smallest absolute Gasteiger partial charge is 0.123 e. The second kappa shape index (κ2) is 6.09. The van der Waals surface area contributed by atoms with Gasteiger partial charge in [-0.2, -0.15) is 0 Å². The van der Waals surface area contributed by atoms with Gasteiger partial charge in [0.05, 0.1) is 13.7 Å². The highest BCUT2D eigenvalue weighted by atomic mass is 35.5. The maximum Gasteiger partial charge on any atom is 0.123 e. The van der Waals surface area contributed by atoms with Crippen LogP contribution in [0, 0.1) is 6.92 Å². The molecule has 0 atom stereocenters. The van der Waals surface area contributed by atoms with Crippen molar-refractivity contribution in [1.29, 1.82) is 0 Å². The zero-order valence-electron chi connectivity index (χ0n) is 9.96. The molecule has 0 saturated heterocycles. The van der Waals surface area contributed by atoms with Gasteiger partial charge < -0.3 is 9.84 Å². The SMILES string of the molecule is COc1cc(C)c(Cl)cc1CN(C)CCO. The fourth-order valence-electron chi connectivity index (χ4n) is 1.55. The number of methoxy groups -OCH3 is 1. The fraction of sp³-hybridized carbons (Fsp3) is 0.500. The molecule has 1 aromatic carbocycles. The molecule has 0 radical (unpaired) electrons. The van der Waals surface area contributed by atoms with Crippen LogP contribution in [0.25, 0.3) is 0 Å². The maximum atomic E-state index is 8.84. The lowest BCUT2D eigenvalue weighted by molar-refractivity contribution is 0.216. The third-order valence-corrected chi connectivity index (χ3v) is 2.89. The van der Waals surface area contributed by atoms with Crippen molar-refractivity contribution < 1.29 is 9.84 Å². The second-order valence-corrected chi connectivity index (χ2v) is 4.28. The van der Waals surface area contributed by atoms with Gasteiger partial charge in [-0.05, 0) is 31.7 Å². The summed E-state index contributed by atoms with van der Waals surface area (Å²) in [7, 11) is 3.60. The van der Waals surface area contributed by atoms with Gasteiger partial charge in [-0.15, -0.1) is 0 Å². The number of hydrogen-bond acceptors (Lipinski definition) is 3. The zero-order valence-corrected chi connectivity index (χ0v) is 10.7. The number of nitrogens with zero attached hydrogens (tertiary/aromatic N) is 1. The normalized spacial score (nSPS) is 10.9. The molecule has 0 aliphatic rings. The molecule has 1 N–H and O–H groups in total. The molecule has 3 nitrogen and oxygen atoms in total. The number of halogens is 1. The molecule has 0 unspecified atom stereocenters. The molecule has 0 fully saturated rings. The molecular weight excluding hydrogens is 226 g/mol. The van der Waals surface area contributed by atoms with Crippen LogP contribution < -0.4 is 4.74 Å². The minimum absolute atomic E-state index is 0.151. The Kier molecular flexibility index (Phi) is 5.06. The number of benzene rings is 1. The van der Waals surface area contributed by atoms with Crippen molar-refractivity contribution >= 4 is 11.6 Å². The summed E-state index contributed by atoms with van der Waals surface area (Å²) >= 11 is 6.08. The average Bonchev–Trinajstić information content (AvgIpc) is 2.23. The van der Waals surface area contributed by atoms with Crippen LogP contribution in [-0.2, 0) is 6.54 Å². The first kappa shape index (κ1) is 13.3. The van der Waals surface area contributed by atoms with E-state index >= 15 is 0 Å². The summed E-state index contributed by atoms with van der Waals surface area (Å²) in [6.07, 6.45) is 0. The lowest BCUT2D eigenvalue weighted by atomic mass is 10.1. The minimum atomic E-state index is 0.151. The quantitative estimate of drug-likeness (QED) is 0.860. The van der Waals surface area contributed by atoms with Gasteiger partial charge in [0.15, 0.2) is 0 Å². The van der Waals surface area contributed by atoms with E-state index in [9.17, 15) is 0 Å². The van der Waals surface area contributed by atoms with Crippen LogP contribution in [0.1, 0.15) is 11.1 Å². The van der Waals surface area contributed by atoms with Gasteiger partial charge in [0.2, 0.25) is 0 Å². The van der Waals surface area contributed by atoms with Gasteiger partial charge in [-0.3, -0.25) is 4.90 Å². The molecule has 0 bridgehead atoms. The van der Waals surface area contributed by atoms with E-state index in [0.29, 0.717) is 13.1 Å². The van der Waals surface area contributed by atoms with E-state index in [1.165, 1.54) is 0 Å². The summed E-state index contributed by atoms with van der Waals surface area (Å²) in [5.41, 5.74) is 2.04. The predicted octanol–water partition coefficient (Wildman–Crippen LogP) is 2.08. The summed E-state index contributed by atoms with van der Waals surface area (Å²) in [4.78, 5) is 2.02. The van der Waals surface area contributed by atoms with Gasteiger partial charge in [-0.25, -0.2) is 0 Å². The largest absolute Gasteiger partial charge is 0.496 e. The Morgan fingerprint density at radius 2 is 2.12 bits per heavy atom. The second-order valence-electron chi connectivity index (χ2n) is 3.87. The highest BCUT2D eigenvalue weighted by Crippen LogP contribution is 2.27.